The molecular formula is C20H20F2N4O2S. The third-order valence-electron chi connectivity index (χ3n) is 5.09. The number of imidazole rings is 1. The minimum atomic E-state index is -3.81. The van der Waals surface area contributed by atoms with Crippen LogP contribution in [0.1, 0.15) is 11.5 Å². The zero-order valence-electron chi connectivity index (χ0n) is 15.7. The van der Waals surface area contributed by atoms with Crippen LogP contribution < -0.4 is 5.32 Å². The normalized spacial score (nSPS) is 20.1. The van der Waals surface area contributed by atoms with Gasteiger partial charge < -0.3 is 9.88 Å². The highest BCUT2D eigenvalue weighted by atomic mass is 32.2. The largest absolute Gasteiger partial charge is 0.378 e. The summed E-state index contributed by atoms with van der Waals surface area (Å²) in [5.41, 5.74) is 0.925. The van der Waals surface area contributed by atoms with Crippen LogP contribution in [0.3, 0.4) is 0 Å². The summed E-state index contributed by atoms with van der Waals surface area (Å²) >= 11 is 0. The van der Waals surface area contributed by atoms with E-state index >= 15 is 0 Å². The number of nitrogens with one attached hydrogen (secondary N) is 1. The number of aryl methyl sites for hydroxylation is 1. The highest BCUT2D eigenvalue weighted by molar-refractivity contribution is 7.89. The van der Waals surface area contributed by atoms with Crippen LogP contribution in [-0.2, 0) is 17.1 Å². The summed E-state index contributed by atoms with van der Waals surface area (Å²) < 4.78 is 56.8. The van der Waals surface area contributed by atoms with E-state index in [1.165, 1.54) is 29.0 Å². The minimum Gasteiger partial charge on any atom is -0.378 e. The van der Waals surface area contributed by atoms with Gasteiger partial charge in [-0.1, -0.05) is 36.4 Å². The smallest absolute Gasteiger partial charge is 0.262 e. The lowest BCUT2D eigenvalue weighted by Crippen LogP contribution is -2.32. The van der Waals surface area contributed by atoms with E-state index in [-0.39, 0.29) is 29.7 Å². The Kier molecular flexibility index (Phi) is 5.10. The van der Waals surface area contributed by atoms with Crippen LogP contribution >= 0.6 is 0 Å². The van der Waals surface area contributed by atoms with E-state index in [2.05, 4.69) is 10.3 Å². The molecule has 0 spiro atoms. The predicted molar refractivity (Wildman–Crippen MR) is 105 cm³/mol. The molecule has 1 fully saturated rings. The van der Waals surface area contributed by atoms with Crippen LogP contribution in [0.5, 0.6) is 0 Å². The van der Waals surface area contributed by atoms with Crippen molar-refractivity contribution in [3.63, 3.8) is 0 Å². The van der Waals surface area contributed by atoms with Gasteiger partial charge in [0, 0.05) is 38.3 Å². The molecule has 1 aliphatic rings. The maximum atomic E-state index is 14.2. The third kappa shape index (κ3) is 3.75. The summed E-state index contributed by atoms with van der Waals surface area (Å²) in [6, 6.07) is 12.9. The lowest BCUT2D eigenvalue weighted by Gasteiger charge is -2.21. The number of nitrogens with zero attached hydrogens (tertiary/aromatic N) is 3. The average molecular weight is 418 g/mol. The van der Waals surface area contributed by atoms with Gasteiger partial charge in [0.15, 0.2) is 16.7 Å². The lowest BCUT2D eigenvalue weighted by molar-refractivity contribution is 0.468. The summed E-state index contributed by atoms with van der Waals surface area (Å²) in [6.45, 7) is 0.311. The molecule has 6 nitrogen and oxygen atoms in total. The second-order valence-corrected chi connectivity index (χ2v) is 8.95. The zero-order valence-corrected chi connectivity index (χ0v) is 16.5. The summed E-state index contributed by atoms with van der Waals surface area (Å²) in [5, 5.41) is 2.97. The maximum Gasteiger partial charge on any atom is 0.262 e. The molecule has 1 aliphatic heterocycles. The van der Waals surface area contributed by atoms with Crippen LogP contribution in [-0.4, -0.2) is 41.4 Å². The second-order valence-electron chi connectivity index (χ2n) is 7.07. The number of sulfonamides is 1. The van der Waals surface area contributed by atoms with Crippen molar-refractivity contribution < 1.29 is 17.2 Å². The molecule has 0 radical (unpaired) electrons. The Morgan fingerprint density at radius 2 is 1.83 bits per heavy atom. The highest BCUT2D eigenvalue weighted by Crippen LogP contribution is 2.33. The Hall–Kier alpha value is -2.78. The molecular weight excluding hydrogens is 398 g/mol. The van der Waals surface area contributed by atoms with Crippen LogP contribution in [0.15, 0.2) is 66.1 Å². The Balaban J connectivity index is 1.67. The van der Waals surface area contributed by atoms with E-state index in [1.54, 1.807) is 11.6 Å². The minimum absolute atomic E-state index is 0.00742. The standard InChI is InChI=1S/C20H20F2N4O2S/c1-25-12-19(23-13-25)29(27,28)26-10-15(14-6-3-2-4-7-14)18(11-26)24-17-9-5-8-16(21)20(17)22/h2-9,12-13,15,18,24H,10-11H2,1H3/t15-,18+/m1/s1. The van der Waals surface area contributed by atoms with E-state index in [0.717, 1.165) is 11.6 Å². The van der Waals surface area contributed by atoms with Gasteiger partial charge in [-0.05, 0) is 17.7 Å². The van der Waals surface area contributed by atoms with Gasteiger partial charge in [-0.3, -0.25) is 0 Å². The number of hydrogen-bond donors (Lipinski definition) is 1. The quantitative estimate of drug-likeness (QED) is 0.692. The van der Waals surface area contributed by atoms with Crippen molar-refractivity contribution in [3.8, 4) is 0 Å². The first kappa shape index (κ1) is 19.5. The number of aromatic nitrogens is 2. The van der Waals surface area contributed by atoms with Gasteiger partial charge in [0.25, 0.3) is 10.0 Å². The fraction of sp³-hybridized carbons (Fsp3) is 0.250. The number of halogens is 2. The van der Waals surface area contributed by atoms with E-state index in [0.29, 0.717) is 0 Å². The van der Waals surface area contributed by atoms with Crippen LogP contribution in [0, 0.1) is 11.6 Å². The summed E-state index contributed by atoms with van der Waals surface area (Å²) in [4.78, 5) is 3.97. The SMILES string of the molecule is Cn1cnc(S(=O)(=O)N2C[C@H](Nc3cccc(F)c3F)[C@@H](c3ccccc3)C2)c1. The molecule has 1 aromatic heterocycles. The van der Waals surface area contributed by atoms with Crippen LogP contribution in [0.25, 0.3) is 0 Å². The van der Waals surface area contributed by atoms with E-state index in [9.17, 15) is 17.2 Å². The van der Waals surface area contributed by atoms with Gasteiger partial charge >= 0.3 is 0 Å². The summed E-state index contributed by atoms with van der Waals surface area (Å²) in [5.74, 6) is -2.18. The molecule has 0 bridgehead atoms. The van der Waals surface area contributed by atoms with Gasteiger partial charge in [-0.15, -0.1) is 0 Å². The topological polar surface area (TPSA) is 67.2 Å². The second kappa shape index (κ2) is 7.57. The molecule has 0 aliphatic carbocycles. The fourth-order valence-corrected chi connectivity index (χ4v) is 5.08. The van der Waals surface area contributed by atoms with Crippen molar-refractivity contribution in [2.24, 2.45) is 7.05 Å². The molecule has 2 aromatic carbocycles. The molecule has 1 saturated heterocycles. The average Bonchev–Trinajstić information content (AvgIpc) is 3.33. The molecule has 152 valence electrons. The summed E-state index contributed by atoms with van der Waals surface area (Å²) in [6.07, 6.45) is 2.87. The Labute approximate surface area is 167 Å². The van der Waals surface area contributed by atoms with Crippen molar-refractivity contribution >= 4 is 15.7 Å². The van der Waals surface area contributed by atoms with Crippen molar-refractivity contribution in [1.29, 1.82) is 0 Å². The van der Waals surface area contributed by atoms with Crippen molar-refractivity contribution in [3.05, 3.63) is 78.3 Å². The van der Waals surface area contributed by atoms with Gasteiger partial charge in [0.2, 0.25) is 0 Å². The zero-order chi connectivity index (χ0) is 20.6. The molecule has 9 heteroatoms. The molecule has 2 heterocycles. The Morgan fingerprint density at radius 1 is 1.07 bits per heavy atom. The first-order valence-corrected chi connectivity index (χ1v) is 10.5. The van der Waals surface area contributed by atoms with Gasteiger partial charge in [0.05, 0.1) is 12.0 Å². The molecule has 1 N–H and O–H groups in total. The first-order valence-electron chi connectivity index (χ1n) is 9.10. The lowest BCUT2D eigenvalue weighted by atomic mass is 9.94. The van der Waals surface area contributed by atoms with Gasteiger partial charge in [0.1, 0.15) is 0 Å². The Bertz CT molecular complexity index is 1120. The monoisotopic (exact) mass is 418 g/mol. The molecule has 0 saturated carbocycles. The number of hydrogen-bond acceptors (Lipinski definition) is 4. The third-order valence-corrected chi connectivity index (χ3v) is 6.81. The van der Waals surface area contributed by atoms with Crippen molar-refractivity contribution in [2.75, 3.05) is 18.4 Å². The highest BCUT2D eigenvalue weighted by Gasteiger charge is 2.41. The van der Waals surface area contributed by atoms with Gasteiger partial charge in [-0.25, -0.2) is 22.2 Å². The molecule has 29 heavy (non-hydrogen) atoms. The maximum absolute atomic E-state index is 14.2. The van der Waals surface area contributed by atoms with Gasteiger partial charge in [-0.2, -0.15) is 4.31 Å². The van der Waals surface area contributed by atoms with Crippen LogP contribution in [0.4, 0.5) is 14.5 Å². The molecule has 4 rings (SSSR count). The van der Waals surface area contributed by atoms with Crippen LogP contribution in [0.2, 0.25) is 0 Å². The number of rotatable bonds is 5. The summed E-state index contributed by atoms with van der Waals surface area (Å²) in [7, 11) is -2.11. The number of anilines is 1. The van der Waals surface area contributed by atoms with E-state index in [4.69, 9.17) is 0 Å². The van der Waals surface area contributed by atoms with E-state index < -0.39 is 27.7 Å². The Morgan fingerprint density at radius 3 is 2.52 bits per heavy atom. The molecule has 0 unspecified atom stereocenters. The van der Waals surface area contributed by atoms with Crippen molar-refractivity contribution in [2.45, 2.75) is 17.0 Å². The fourth-order valence-electron chi connectivity index (χ4n) is 3.62. The molecule has 3 aromatic rings. The predicted octanol–water partition coefficient (Wildman–Crippen LogP) is 2.97. The number of benzene rings is 2. The first-order chi connectivity index (χ1) is 13.9. The molecule has 0 amide bonds. The molecule has 2 atom stereocenters. The van der Waals surface area contributed by atoms with Crippen molar-refractivity contribution in [1.82, 2.24) is 13.9 Å². The van der Waals surface area contributed by atoms with E-state index in [1.807, 2.05) is 30.3 Å².